The van der Waals surface area contributed by atoms with Gasteiger partial charge in [0.25, 0.3) is 0 Å². The van der Waals surface area contributed by atoms with E-state index in [0.717, 1.165) is 43.4 Å². The van der Waals surface area contributed by atoms with E-state index in [9.17, 15) is 9.90 Å². The molecule has 7 heteroatoms. The second kappa shape index (κ2) is 13.0. The number of benzene rings is 1. The highest BCUT2D eigenvalue weighted by atomic mass is 16.3. The quantitative estimate of drug-likeness (QED) is 0.425. The molecule has 0 aromatic heterocycles. The highest BCUT2D eigenvalue weighted by Crippen LogP contribution is 2.35. The average molecular weight is 472 g/mol. The summed E-state index contributed by atoms with van der Waals surface area (Å²) in [6.45, 7) is 13.0. The van der Waals surface area contributed by atoms with Gasteiger partial charge in [-0.2, -0.15) is 0 Å². The van der Waals surface area contributed by atoms with Gasteiger partial charge in [0.15, 0.2) is 0 Å². The zero-order chi connectivity index (χ0) is 25.3. The first kappa shape index (κ1) is 28.0. The molecule has 1 saturated heterocycles. The second-order valence-electron chi connectivity index (χ2n) is 8.93. The van der Waals surface area contributed by atoms with E-state index in [4.69, 9.17) is 5.41 Å². The van der Waals surface area contributed by atoms with E-state index in [1.54, 1.807) is 0 Å². The van der Waals surface area contributed by atoms with Gasteiger partial charge in [0.2, 0.25) is 5.91 Å². The Morgan fingerprint density at radius 1 is 1.24 bits per heavy atom. The highest BCUT2D eigenvalue weighted by Gasteiger charge is 2.44. The van der Waals surface area contributed by atoms with Gasteiger partial charge in [-0.15, -0.1) is 0 Å². The number of hydrogen-bond acceptors (Lipinski definition) is 6. The number of aliphatic hydroxyl groups excluding tert-OH is 1. The molecule has 34 heavy (non-hydrogen) atoms. The molecular weight excluding hydrogens is 426 g/mol. The van der Waals surface area contributed by atoms with Crippen molar-refractivity contribution in [2.45, 2.75) is 97.5 Å². The second-order valence-corrected chi connectivity index (χ2v) is 8.93. The van der Waals surface area contributed by atoms with Crippen molar-refractivity contribution >= 4 is 12.1 Å². The standard InChI is InChI=1S/C23H33N5O2.2C2H6/c1-3-4-5-18-13-27(14-21(29)25-23(15-24)10-11-23)22(30)20-12-19(26-28(18)20)17-8-6-16(2)7-9-17;2*1-2/h6-9,12,15,18-19,22,24,26,30H,3-5,10-11,13-14H2,1-2H3,(H,25,29);2*1-2H3. The summed E-state index contributed by atoms with van der Waals surface area (Å²) in [4.78, 5) is 14.4. The zero-order valence-electron chi connectivity index (χ0n) is 21.9. The number of amides is 1. The van der Waals surface area contributed by atoms with E-state index in [-0.39, 0.29) is 24.5 Å². The van der Waals surface area contributed by atoms with Crippen LogP contribution in [0.5, 0.6) is 0 Å². The minimum Gasteiger partial charge on any atom is -0.372 e. The minimum atomic E-state index is -0.827. The lowest BCUT2D eigenvalue weighted by molar-refractivity contribution is -0.128. The smallest absolute Gasteiger partial charge is 0.235 e. The van der Waals surface area contributed by atoms with Gasteiger partial charge >= 0.3 is 0 Å². The van der Waals surface area contributed by atoms with Crippen molar-refractivity contribution in [1.82, 2.24) is 20.7 Å². The van der Waals surface area contributed by atoms with Gasteiger partial charge in [-0.1, -0.05) is 77.3 Å². The molecule has 2 heterocycles. The molecule has 0 spiro atoms. The number of aryl methyl sites for hydroxylation is 1. The summed E-state index contributed by atoms with van der Waals surface area (Å²) < 4.78 is 0. The van der Waals surface area contributed by atoms with Crippen molar-refractivity contribution in [1.29, 1.82) is 5.41 Å². The number of carbonyl (C=O) groups excluding carboxylic acids is 1. The van der Waals surface area contributed by atoms with Crippen LogP contribution in [0.2, 0.25) is 0 Å². The molecule has 1 amide bonds. The van der Waals surface area contributed by atoms with Crippen LogP contribution in [-0.4, -0.2) is 58.0 Å². The van der Waals surface area contributed by atoms with E-state index >= 15 is 0 Å². The van der Waals surface area contributed by atoms with Gasteiger partial charge in [-0.25, -0.2) is 5.43 Å². The third-order valence-corrected chi connectivity index (χ3v) is 6.44. The summed E-state index contributed by atoms with van der Waals surface area (Å²) in [5.74, 6) is -0.126. The summed E-state index contributed by atoms with van der Waals surface area (Å²) in [7, 11) is 0. The molecule has 3 unspecified atom stereocenters. The van der Waals surface area contributed by atoms with Crippen LogP contribution in [0.3, 0.4) is 0 Å². The van der Waals surface area contributed by atoms with Crippen molar-refractivity contribution in [3.8, 4) is 0 Å². The fourth-order valence-electron chi connectivity index (χ4n) is 4.38. The molecule has 190 valence electrons. The van der Waals surface area contributed by atoms with E-state index in [1.807, 2.05) is 32.6 Å². The number of rotatable bonds is 8. The first-order valence-electron chi connectivity index (χ1n) is 13.0. The van der Waals surface area contributed by atoms with Gasteiger partial charge in [0, 0.05) is 12.8 Å². The largest absolute Gasteiger partial charge is 0.372 e. The molecule has 0 bridgehead atoms. The van der Waals surface area contributed by atoms with E-state index in [1.165, 1.54) is 11.8 Å². The maximum absolute atomic E-state index is 12.6. The van der Waals surface area contributed by atoms with Crippen LogP contribution < -0.4 is 10.7 Å². The third kappa shape index (κ3) is 6.68. The van der Waals surface area contributed by atoms with Gasteiger partial charge in [-0.3, -0.25) is 9.69 Å². The van der Waals surface area contributed by atoms with Crippen molar-refractivity contribution in [2.24, 2.45) is 0 Å². The molecular formula is C27H45N5O2. The number of hydrazine groups is 1. The van der Waals surface area contributed by atoms with Crippen LogP contribution in [0.25, 0.3) is 0 Å². The SMILES string of the molecule is CC.CC.CCCCC1CN(CC(=O)NC2(C=N)CC2)C(O)C2=CC(c3ccc(C)cc3)NN21. The van der Waals surface area contributed by atoms with Gasteiger partial charge in [0.05, 0.1) is 29.9 Å². The molecule has 2 aliphatic heterocycles. The van der Waals surface area contributed by atoms with Crippen LogP contribution in [-0.2, 0) is 4.79 Å². The molecule has 7 nitrogen and oxygen atoms in total. The van der Waals surface area contributed by atoms with Crippen molar-refractivity contribution in [2.75, 3.05) is 13.1 Å². The summed E-state index contributed by atoms with van der Waals surface area (Å²) in [5, 5.41) is 23.7. The van der Waals surface area contributed by atoms with Crippen LogP contribution in [0, 0.1) is 12.3 Å². The molecule has 1 aliphatic carbocycles. The summed E-state index contributed by atoms with van der Waals surface area (Å²) in [5.41, 5.74) is 6.34. The topological polar surface area (TPSA) is 91.7 Å². The zero-order valence-corrected chi connectivity index (χ0v) is 21.9. The van der Waals surface area contributed by atoms with Gasteiger partial charge < -0.3 is 20.8 Å². The molecule has 3 aliphatic rings. The Bertz CT molecular complexity index is 819. The van der Waals surface area contributed by atoms with Gasteiger partial charge in [0.1, 0.15) is 6.23 Å². The first-order chi connectivity index (χ1) is 16.4. The summed E-state index contributed by atoms with van der Waals surface area (Å²) >= 11 is 0. The monoisotopic (exact) mass is 471 g/mol. The van der Waals surface area contributed by atoms with E-state index in [0.29, 0.717) is 6.54 Å². The predicted molar refractivity (Wildman–Crippen MR) is 139 cm³/mol. The maximum atomic E-state index is 12.6. The minimum absolute atomic E-state index is 0.0146. The van der Waals surface area contributed by atoms with E-state index in [2.05, 4.69) is 59.9 Å². The summed E-state index contributed by atoms with van der Waals surface area (Å²) in [6, 6.07) is 8.65. The number of carbonyl (C=O) groups is 1. The first-order valence-corrected chi connectivity index (χ1v) is 13.0. The fourth-order valence-corrected chi connectivity index (χ4v) is 4.38. The Hall–Kier alpha value is -2.22. The molecule has 4 rings (SSSR count). The van der Waals surface area contributed by atoms with Crippen LogP contribution in [0.1, 0.15) is 83.9 Å². The van der Waals surface area contributed by atoms with Crippen LogP contribution >= 0.6 is 0 Å². The highest BCUT2D eigenvalue weighted by molar-refractivity contribution is 5.85. The van der Waals surface area contributed by atoms with E-state index < -0.39 is 11.8 Å². The Morgan fingerprint density at radius 2 is 1.88 bits per heavy atom. The molecule has 2 fully saturated rings. The third-order valence-electron chi connectivity index (χ3n) is 6.44. The molecule has 1 saturated carbocycles. The lowest BCUT2D eigenvalue weighted by atomic mass is 10.0. The average Bonchev–Trinajstić information content (AvgIpc) is 3.49. The van der Waals surface area contributed by atoms with Crippen molar-refractivity contribution in [3.63, 3.8) is 0 Å². The number of fused-ring (bicyclic) bond motifs is 1. The fraction of sp³-hybridized carbons (Fsp3) is 0.630. The number of nitrogens with zero attached hydrogens (tertiary/aromatic N) is 2. The van der Waals surface area contributed by atoms with Crippen molar-refractivity contribution in [3.05, 3.63) is 47.2 Å². The van der Waals surface area contributed by atoms with Gasteiger partial charge in [-0.05, 0) is 37.8 Å². The maximum Gasteiger partial charge on any atom is 0.235 e. The van der Waals surface area contributed by atoms with Crippen LogP contribution in [0.15, 0.2) is 36.0 Å². The summed E-state index contributed by atoms with van der Waals surface area (Å²) in [6.07, 6.45) is 7.43. The lowest BCUT2D eigenvalue weighted by Gasteiger charge is -2.45. The Morgan fingerprint density at radius 3 is 2.44 bits per heavy atom. The number of hydrogen-bond donors (Lipinski definition) is 4. The molecule has 1 aromatic rings. The predicted octanol–water partition coefficient (Wildman–Crippen LogP) is 4.28. The number of unbranched alkanes of at least 4 members (excludes halogenated alkanes) is 1. The Kier molecular flexibility index (Phi) is 10.7. The molecule has 0 radical (unpaired) electrons. The van der Waals surface area contributed by atoms with Crippen LogP contribution in [0.4, 0.5) is 0 Å². The molecule has 3 atom stereocenters. The van der Waals surface area contributed by atoms with Crippen molar-refractivity contribution < 1.29 is 9.90 Å². The molecule has 1 aromatic carbocycles. The number of nitrogens with one attached hydrogen (secondary N) is 3. The number of piperazine rings is 1. The normalized spacial score (nSPS) is 24.5. The number of aliphatic hydroxyl groups is 1. The Balaban J connectivity index is 0.000000970. The molecule has 4 N–H and O–H groups in total. The Labute approximate surface area is 206 Å². The lowest BCUT2D eigenvalue weighted by Crippen LogP contribution is -2.60.